The Labute approximate surface area is 150 Å². The smallest absolute Gasteiger partial charge is 0.368 e. The van der Waals surface area contributed by atoms with Crippen LogP contribution in [0.2, 0.25) is 0 Å². The Hall–Kier alpha value is -1.81. The van der Waals surface area contributed by atoms with Gasteiger partial charge in [-0.15, -0.1) is 12.4 Å². The van der Waals surface area contributed by atoms with Crippen LogP contribution in [-0.4, -0.2) is 35.3 Å². The maximum atomic E-state index is 13.1. The molecule has 2 N–H and O–H groups in total. The van der Waals surface area contributed by atoms with E-state index in [-0.39, 0.29) is 43.1 Å². The summed E-state index contributed by atoms with van der Waals surface area (Å²) in [7, 11) is 0. The number of hydrogen-bond donors (Lipinski definition) is 1. The lowest BCUT2D eigenvalue weighted by Gasteiger charge is -2.38. The van der Waals surface area contributed by atoms with Crippen LogP contribution in [0.5, 0.6) is 0 Å². The average molecular weight is 401 g/mol. The second kappa shape index (κ2) is 7.07. The van der Waals surface area contributed by atoms with E-state index in [9.17, 15) is 26.3 Å². The molecule has 1 aromatic heterocycles. The third-order valence-corrected chi connectivity index (χ3v) is 4.20. The summed E-state index contributed by atoms with van der Waals surface area (Å²) in [5, 5.41) is 0. The number of nitrogens with two attached hydrogens (primary N) is 1. The molecule has 2 unspecified atom stereocenters. The summed E-state index contributed by atoms with van der Waals surface area (Å²) in [6.45, 7) is -0.280. The molecule has 0 bridgehead atoms. The van der Waals surface area contributed by atoms with Crippen molar-refractivity contribution in [3.8, 4) is 0 Å². The van der Waals surface area contributed by atoms with Crippen molar-refractivity contribution in [2.45, 2.75) is 24.8 Å². The molecule has 0 amide bonds. The van der Waals surface area contributed by atoms with Gasteiger partial charge in [0.25, 0.3) is 0 Å². The van der Waals surface area contributed by atoms with Gasteiger partial charge in [-0.2, -0.15) is 26.3 Å². The Balaban J connectivity index is 0.00000243. The van der Waals surface area contributed by atoms with E-state index in [2.05, 4.69) is 9.97 Å². The van der Waals surface area contributed by atoms with Crippen molar-refractivity contribution in [1.29, 1.82) is 0 Å². The van der Waals surface area contributed by atoms with Gasteiger partial charge >= 0.3 is 12.4 Å². The lowest BCUT2D eigenvalue weighted by molar-refractivity contribution is -0.177. The SMILES string of the molecule is Cl.NC1CC(C(F)(F)F)CN(c2ccc(C(F)(F)F)c3nccnc23)C1. The molecule has 1 aliphatic heterocycles. The average Bonchev–Trinajstić information content (AvgIpc) is 2.51. The Morgan fingerprint density at radius 3 is 2.15 bits per heavy atom. The molecular formula is C15H15ClF6N4. The first-order chi connectivity index (χ1) is 11.6. The quantitative estimate of drug-likeness (QED) is 0.740. The first-order valence-corrected chi connectivity index (χ1v) is 7.45. The molecule has 0 radical (unpaired) electrons. The fourth-order valence-electron chi connectivity index (χ4n) is 3.10. The molecule has 2 heterocycles. The van der Waals surface area contributed by atoms with Gasteiger partial charge in [0.05, 0.1) is 17.2 Å². The Morgan fingerprint density at radius 2 is 1.58 bits per heavy atom. The first kappa shape index (κ1) is 20.5. The number of fused-ring (bicyclic) bond motifs is 1. The van der Waals surface area contributed by atoms with Crippen LogP contribution in [0.25, 0.3) is 11.0 Å². The van der Waals surface area contributed by atoms with E-state index in [1.54, 1.807) is 0 Å². The van der Waals surface area contributed by atoms with E-state index < -0.39 is 35.4 Å². The monoisotopic (exact) mass is 400 g/mol. The number of rotatable bonds is 1. The number of aromatic nitrogens is 2. The molecule has 0 aliphatic carbocycles. The third-order valence-electron chi connectivity index (χ3n) is 4.20. The zero-order valence-electron chi connectivity index (χ0n) is 13.2. The Bertz CT molecular complexity index is 779. The molecule has 1 aromatic carbocycles. The van der Waals surface area contributed by atoms with Crippen LogP contribution in [0, 0.1) is 5.92 Å². The van der Waals surface area contributed by atoms with Crippen LogP contribution in [0.1, 0.15) is 12.0 Å². The number of hydrogen-bond acceptors (Lipinski definition) is 4. The van der Waals surface area contributed by atoms with Crippen LogP contribution in [0.3, 0.4) is 0 Å². The minimum absolute atomic E-state index is 0. The molecule has 11 heteroatoms. The van der Waals surface area contributed by atoms with E-state index >= 15 is 0 Å². The van der Waals surface area contributed by atoms with Crippen LogP contribution in [0.15, 0.2) is 24.5 Å². The summed E-state index contributed by atoms with van der Waals surface area (Å²) < 4.78 is 78.6. The summed E-state index contributed by atoms with van der Waals surface area (Å²) in [5.74, 6) is -1.65. The normalized spacial score (nSPS) is 21.6. The lowest BCUT2D eigenvalue weighted by Crippen LogP contribution is -2.51. The molecule has 4 nitrogen and oxygen atoms in total. The minimum atomic E-state index is -4.64. The fourth-order valence-corrected chi connectivity index (χ4v) is 3.10. The molecule has 144 valence electrons. The van der Waals surface area contributed by atoms with Crippen molar-refractivity contribution >= 4 is 29.1 Å². The molecule has 0 saturated carbocycles. The Kier molecular flexibility index (Phi) is 5.57. The van der Waals surface area contributed by atoms with Gasteiger partial charge < -0.3 is 10.6 Å². The zero-order chi connectivity index (χ0) is 18.4. The summed E-state index contributed by atoms with van der Waals surface area (Å²) in [6, 6.07) is 1.20. The van der Waals surface area contributed by atoms with Crippen molar-refractivity contribution in [2.24, 2.45) is 11.7 Å². The summed E-state index contributed by atoms with van der Waals surface area (Å²) in [4.78, 5) is 8.98. The number of anilines is 1. The highest BCUT2D eigenvalue weighted by Gasteiger charge is 2.44. The van der Waals surface area contributed by atoms with Crippen molar-refractivity contribution in [2.75, 3.05) is 18.0 Å². The number of halogens is 7. The van der Waals surface area contributed by atoms with Gasteiger partial charge in [0, 0.05) is 31.5 Å². The zero-order valence-corrected chi connectivity index (χ0v) is 14.0. The van der Waals surface area contributed by atoms with E-state index in [0.29, 0.717) is 0 Å². The van der Waals surface area contributed by atoms with E-state index in [0.717, 1.165) is 18.3 Å². The highest BCUT2D eigenvalue weighted by Crippen LogP contribution is 2.39. The minimum Gasteiger partial charge on any atom is -0.368 e. The molecule has 2 aromatic rings. The van der Waals surface area contributed by atoms with E-state index in [4.69, 9.17) is 5.73 Å². The van der Waals surface area contributed by atoms with Crippen molar-refractivity contribution in [3.05, 3.63) is 30.1 Å². The second-order valence-electron chi connectivity index (χ2n) is 6.02. The molecule has 1 fully saturated rings. The van der Waals surface area contributed by atoms with Crippen molar-refractivity contribution in [3.63, 3.8) is 0 Å². The molecule has 26 heavy (non-hydrogen) atoms. The molecule has 0 spiro atoms. The van der Waals surface area contributed by atoms with Gasteiger partial charge in [-0.3, -0.25) is 9.97 Å². The van der Waals surface area contributed by atoms with Gasteiger partial charge in [0.1, 0.15) is 11.0 Å². The van der Waals surface area contributed by atoms with Gasteiger partial charge in [0.15, 0.2) is 0 Å². The highest BCUT2D eigenvalue weighted by atomic mass is 35.5. The van der Waals surface area contributed by atoms with Crippen LogP contribution in [0.4, 0.5) is 32.0 Å². The van der Waals surface area contributed by atoms with E-state index in [1.165, 1.54) is 11.1 Å². The summed E-state index contributed by atoms with van der Waals surface area (Å²) in [6.07, 6.45) is -6.97. The summed E-state index contributed by atoms with van der Waals surface area (Å²) >= 11 is 0. The number of benzene rings is 1. The maximum absolute atomic E-state index is 13.1. The van der Waals surface area contributed by atoms with Crippen LogP contribution >= 0.6 is 12.4 Å². The van der Waals surface area contributed by atoms with Gasteiger partial charge in [-0.25, -0.2) is 0 Å². The van der Waals surface area contributed by atoms with Gasteiger partial charge in [-0.05, 0) is 18.6 Å². The predicted molar refractivity (Wildman–Crippen MR) is 86.1 cm³/mol. The molecule has 1 aliphatic rings. The molecule has 3 rings (SSSR count). The number of nitrogens with zero attached hydrogens (tertiary/aromatic N) is 3. The topological polar surface area (TPSA) is 55.0 Å². The summed E-state index contributed by atoms with van der Waals surface area (Å²) in [5.41, 5.74) is 4.44. The van der Waals surface area contributed by atoms with Gasteiger partial charge in [0.2, 0.25) is 0 Å². The second-order valence-corrected chi connectivity index (χ2v) is 6.02. The van der Waals surface area contributed by atoms with Crippen LogP contribution in [-0.2, 0) is 6.18 Å². The van der Waals surface area contributed by atoms with Crippen LogP contribution < -0.4 is 10.6 Å². The first-order valence-electron chi connectivity index (χ1n) is 7.45. The molecule has 2 atom stereocenters. The number of piperidine rings is 1. The fraction of sp³-hybridized carbons (Fsp3) is 0.467. The van der Waals surface area contributed by atoms with Gasteiger partial charge in [-0.1, -0.05) is 0 Å². The predicted octanol–water partition coefficient (Wildman–Crippen LogP) is 3.79. The third kappa shape index (κ3) is 3.96. The molecule has 1 saturated heterocycles. The molecular weight excluding hydrogens is 386 g/mol. The van der Waals surface area contributed by atoms with Crippen molar-refractivity contribution in [1.82, 2.24) is 9.97 Å². The van der Waals surface area contributed by atoms with E-state index in [1.807, 2.05) is 0 Å². The largest absolute Gasteiger partial charge is 0.418 e. The number of alkyl halides is 6. The standard InChI is InChI=1S/C15H14F6N4.ClH/c16-14(17,18)8-5-9(22)7-25(6-8)11-2-1-10(15(19,20)21)12-13(11)24-4-3-23-12;/h1-4,8-9H,5-7,22H2;1H. The van der Waals surface area contributed by atoms with Crippen molar-refractivity contribution < 1.29 is 26.3 Å². The lowest BCUT2D eigenvalue weighted by atomic mass is 9.93. The Morgan fingerprint density at radius 1 is 0.962 bits per heavy atom. The maximum Gasteiger partial charge on any atom is 0.418 e. The highest BCUT2D eigenvalue weighted by molar-refractivity contribution is 5.90.